The van der Waals surface area contributed by atoms with Crippen molar-refractivity contribution >= 4 is 6.09 Å². The van der Waals surface area contributed by atoms with Crippen LogP contribution in [-0.4, -0.2) is 21.2 Å². The number of aromatic nitrogens is 2. The van der Waals surface area contributed by atoms with Gasteiger partial charge >= 0.3 is 6.09 Å². The van der Waals surface area contributed by atoms with Crippen molar-refractivity contribution < 1.29 is 14.3 Å². The van der Waals surface area contributed by atoms with Crippen LogP contribution in [0.25, 0.3) is 0 Å². The highest BCUT2D eigenvalue weighted by Crippen LogP contribution is 2.49. The van der Waals surface area contributed by atoms with Crippen molar-refractivity contribution in [3.8, 4) is 11.5 Å². The molecule has 0 N–H and O–H groups in total. The lowest BCUT2D eigenvalue weighted by Crippen LogP contribution is -2.46. The summed E-state index contributed by atoms with van der Waals surface area (Å²) in [7, 11) is 0. The van der Waals surface area contributed by atoms with Crippen LogP contribution in [-0.2, 0) is 6.42 Å². The van der Waals surface area contributed by atoms with E-state index in [0.29, 0.717) is 5.75 Å². The van der Waals surface area contributed by atoms with Gasteiger partial charge in [-0.25, -0.2) is 14.3 Å². The summed E-state index contributed by atoms with van der Waals surface area (Å²) >= 11 is 0. The second-order valence-electron chi connectivity index (χ2n) is 6.99. The van der Waals surface area contributed by atoms with E-state index in [1.54, 1.807) is 12.4 Å². The predicted octanol–water partition coefficient (Wildman–Crippen LogP) is 4.10. The van der Waals surface area contributed by atoms with E-state index in [0.717, 1.165) is 48.1 Å². The predicted molar refractivity (Wildman–Crippen MR) is 89.8 cm³/mol. The van der Waals surface area contributed by atoms with Crippen LogP contribution in [0.3, 0.4) is 0 Å². The van der Waals surface area contributed by atoms with Crippen LogP contribution in [0.1, 0.15) is 47.9 Å². The molecular formula is C19H22N2O3. The summed E-state index contributed by atoms with van der Waals surface area (Å²) in [6.07, 6.45) is 9.76. The first kappa shape index (κ1) is 15.2. The van der Waals surface area contributed by atoms with Crippen molar-refractivity contribution in [1.29, 1.82) is 0 Å². The number of imidazole rings is 1. The molecule has 2 heterocycles. The van der Waals surface area contributed by atoms with E-state index in [4.69, 9.17) is 9.47 Å². The molecule has 0 radical (unpaired) electrons. The number of rotatable bonds is 1. The van der Waals surface area contributed by atoms with Gasteiger partial charge in [-0.05, 0) is 69.6 Å². The van der Waals surface area contributed by atoms with Crippen molar-refractivity contribution in [1.82, 2.24) is 9.55 Å². The molecule has 0 atom stereocenters. The highest BCUT2D eigenvalue weighted by atomic mass is 16.6. The minimum Gasteiger partial charge on any atom is -0.487 e. The van der Waals surface area contributed by atoms with E-state index in [2.05, 4.69) is 11.9 Å². The minimum atomic E-state index is -0.440. The molecule has 1 aromatic heterocycles. The molecule has 5 heteroatoms. The third kappa shape index (κ3) is 2.22. The Balaban J connectivity index is 1.72. The number of hydrogen-bond acceptors (Lipinski definition) is 4. The standard InChI is InChI=1S/C19H22N2O3/c1-12-13(2)17-15(5-8-19(24-17)6-4-7-19)14(3)16(12)23-18(22)21-10-9-20-11-21/h9-11H,4-8H2,1-3H3. The molecule has 0 saturated heterocycles. The normalized spacial score (nSPS) is 17.8. The lowest BCUT2D eigenvalue weighted by atomic mass is 9.73. The fourth-order valence-electron chi connectivity index (χ4n) is 3.80. The largest absolute Gasteiger partial charge is 0.487 e. The molecule has 2 aromatic rings. The maximum Gasteiger partial charge on any atom is 0.424 e. The number of benzene rings is 1. The summed E-state index contributed by atoms with van der Waals surface area (Å²) in [5.74, 6) is 1.66. The fraction of sp³-hybridized carbons (Fsp3) is 0.474. The highest BCUT2D eigenvalue weighted by Gasteiger charge is 2.43. The molecule has 24 heavy (non-hydrogen) atoms. The van der Waals surface area contributed by atoms with Crippen molar-refractivity contribution in [2.24, 2.45) is 0 Å². The Morgan fingerprint density at radius 3 is 2.62 bits per heavy atom. The van der Waals surface area contributed by atoms with Gasteiger partial charge < -0.3 is 9.47 Å². The molecule has 1 aliphatic carbocycles. The van der Waals surface area contributed by atoms with Gasteiger partial charge in [0.05, 0.1) is 0 Å². The summed E-state index contributed by atoms with van der Waals surface area (Å²) < 4.78 is 13.5. The Bertz CT molecular complexity index is 805. The van der Waals surface area contributed by atoms with Crippen molar-refractivity contribution in [2.45, 2.75) is 58.5 Å². The van der Waals surface area contributed by atoms with Crippen LogP contribution in [0.5, 0.6) is 11.5 Å². The minimum absolute atomic E-state index is 0.0612. The zero-order valence-electron chi connectivity index (χ0n) is 14.4. The van der Waals surface area contributed by atoms with Crippen molar-refractivity contribution in [2.75, 3.05) is 0 Å². The average molecular weight is 326 g/mol. The molecule has 126 valence electrons. The summed E-state index contributed by atoms with van der Waals surface area (Å²) in [6, 6.07) is 0. The Kier molecular flexibility index (Phi) is 3.41. The Labute approximate surface area is 141 Å². The first-order valence-electron chi connectivity index (χ1n) is 8.52. The van der Waals surface area contributed by atoms with Gasteiger partial charge in [0.25, 0.3) is 0 Å². The topological polar surface area (TPSA) is 53.4 Å². The van der Waals surface area contributed by atoms with Gasteiger partial charge in [0.1, 0.15) is 23.4 Å². The van der Waals surface area contributed by atoms with Gasteiger partial charge in [-0.1, -0.05) is 0 Å². The van der Waals surface area contributed by atoms with Crippen molar-refractivity contribution in [3.05, 3.63) is 41.0 Å². The summed E-state index contributed by atoms with van der Waals surface area (Å²) in [5.41, 5.74) is 4.30. The van der Waals surface area contributed by atoms with Gasteiger partial charge in [0.2, 0.25) is 0 Å². The molecule has 4 rings (SSSR count). The van der Waals surface area contributed by atoms with Crippen molar-refractivity contribution in [3.63, 3.8) is 0 Å². The van der Waals surface area contributed by atoms with E-state index < -0.39 is 6.09 Å². The number of ether oxygens (including phenoxy) is 2. The molecule has 0 amide bonds. The molecular weight excluding hydrogens is 304 g/mol. The van der Waals surface area contributed by atoms with E-state index in [9.17, 15) is 4.79 Å². The van der Waals surface area contributed by atoms with Gasteiger partial charge in [-0.3, -0.25) is 0 Å². The second kappa shape index (κ2) is 5.36. The third-order valence-electron chi connectivity index (χ3n) is 5.63. The Morgan fingerprint density at radius 1 is 1.21 bits per heavy atom. The summed E-state index contributed by atoms with van der Waals surface area (Å²) in [5, 5.41) is 0. The molecule has 1 aromatic carbocycles. The van der Waals surface area contributed by atoms with Crippen LogP contribution in [0, 0.1) is 20.8 Å². The highest BCUT2D eigenvalue weighted by molar-refractivity contribution is 5.75. The SMILES string of the molecule is Cc1c(C)c2c(c(C)c1OC(=O)n1ccnc1)CCC1(CCC1)O2. The number of nitrogens with zero attached hydrogens (tertiary/aromatic N) is 2. The lowest BCUT2D eigenvalue weighted by molar-refractivity contribution is -0.0258. The number of carbonyl (C=O) groups is 1. The van der Waals surface area contributed by atoms with Crippen LogP contribution in [0.15, 0.2) is 18.7 Å². The Morgan fingerprint density at radius 2 is 2.00 bits per heavy atom. The second-order valence-corrected chi connectivity index (χ2v) is 6.99. The van der Waals surface area contributed by atoms with E-state index in [1.807, 2.05) is 13.8 Å². The van der Waals surface area contributed by atoms with Gasteiger partial charge in [0.15, 0.2) is 0 Å². The maximum atomic E-state index is 12.3. The monoisotopic (exact) mass is 326 g/mol. The van der Waals surface area contributed by atoms with E-state index >= 15 is 0 Å². The number of fused-ring (bicyclic) bond motifs is 1. The quantitative estimate of drug-likeness (QED) is 0.791. The molecule has 1 spiro atoms. The van der Waals surface area contributed by atoms with Crippen LogP contribution < -0.4 is 9.47 Å². The number of carbonyl (C=O) groups excluding carboxylic acids is 1. The first-order valence-corrected chi connectivity index (χ1v) is 8.52. The molecule has 0 unspecified atom stereocenters. The Hall–Kier alpha value is -2.30. The van der Waals surface area contributed by atoms with Crippen LogP contribution >= 0.6 is 0 Å². The van der Waals surface area contributed by atoms with E-state index in [1.165, 1.54) is 22.9 Å². The average Bonchev–Trinajstić information content (AvgIpc) is 3.09. The molecule has 0 bridgehead atoms. The number of hydrogen-bond donors (Lipinski definition) is 0. The molecule has 1 aliphatic heterocycles. The molecule has 1 fully saturated rings. The maximum absolute atomic E-state index is 12.3. The molecule has 1 saturated carbocycles. The summed E-state index contributed by atoms with van der Waals surface area (Å²) in [6.45, 7) is 6.06. The molecule has 2 aliphatic rings. The first-order chi connectivity index (χ1) is 11.5. The van der Waals surface area contributed by atoms with Crippen LogP contribution in [0.4, 0.5) is 4.79 Å². The zero-order chi connectivity index (χ0) is 16.9. The lowest BCUT2D eigenvalue weighted by Gasteiger charge is -2.46. The fourth-order valence-corrected chi connectivity index (χ4v) is 3.80. The van der Waals surface area contributed by atoms with Gasteiger partial charge in [-0.2, -0.15) is 0 Å². The zero-order valence-corrected chi connectivity index (χ0v) is 14.4. The van der Waals surface area contributed by atoms with Gasteiger partial charge in [-0.15, -0.1) is 0 Å². The van der Waals surface area contributed by atoms with Crippen LogP contribution in [0.2, 0.25) is 0 Å². The third-order valence-corrected chi connectivity index (χ3v) is 5.63. The molecule has 5 nitrogen and oxygen atoms in total. The smallest absolute Gasteiger partial charge is 0.424 e. The van der Waals surface area contributed by atoms with Gasteiger partial charge in [0, 0.05) is 18.0 Å². The summed E-state index contributed by atoms with van der Waals surface area (Å²) in [4.78, 5) is 16.2. The van der Waals surface area contributed by atoms with E-state index in [-0.39, 0.29) is 5.60 Å².